The molecule has 0 atom stereocenters. The number of nitrogens with zero attached hydrogens (tertiary/aromatic N) is 2. The SMILES string of the molecule is CCN(C(=O)CN1C(=O)c2ccccc2C1=O)C1CCCC1. The number of benzene rings is 1. The molecule has 5 nitrogen and oxygen atoms in total. The van der Waals surface area contributed by atoms with Gasteiger partial charge in [-0.05, 0) is 31.9 Å². The maximum Gasteiger partial charge on any atom is 0.262 e. The number of fused-ring (bicyclic) bond motifs is 1. The molecule has 5 heteroatoms. The first kappa shape index (κ1) is 14.8. The molecular weight excluding hydrogens is 280 g/mol. The monoisotopic (exact) mass is 300 g/mol. The lowest BCUT2D eigenvalue weighted by atomic mass is 10.1. The van der Waals surface area contributed by atoms with Gasteiger partial charge in [-0.2, -0.15) is 0 Å². The van der Waals surface area contributed by atoms with E-state index in [1.54, 1.807) is 24.3 Å². The largest absolute Gasteiger partial charge is 0.338 e. The second kappa shape index (κ2) is 5.91. The number of hydrogen-bond acceptors (Lipinski definition) is 3. The molecule has 3 amide bonds. The van der Waals surface area contributed by atoms with Gasteiger partial charge in [-0.15, -0.1) is 0 Å². The molecule has 1 fully saturated rings. The second-order valence-electron chi connectivity index (χ2n) is 5.86. The molecule has 0 bridgehead atoms. The molecule has 0 unspecified atom stereocenters. The fourth-order valence-electron chi connectivity index (χ4n) is 3.46. The average molecular weight is 300 g/mol. The van der Waals surface area contributed by atoms with Gasteiger partial charge >= 0.3 is 0 Å². The van der Waals surface area contributed by atoms with Gasteiger partial charge in [-0.1, -0.05) is 25.0 Å². The standard InChI is InChI=1S/C17H20N2O3/c1-2-18(12-7-3-4-8-12)15(20)11-19-16(21)13-9-5-6-10-14(13)17(19)22/h5-6,9-10,12H,2-4,7-8,11H2,1H3. The molecule has 22 heavy (non-hydrogen) atoms. The van der Waals surface area contributed by atoms with E-state index in [1.165, 1.54) is 0 Å². The van der Waals surface area contributed by atoms with E-state index in [4.69, 9.17) is 0 Å². The number of carbonyl (C=O) groups excluding carboxylic acids is 3. The van der Waals surface area contributed by atoms with E-state index < -0.39 is 0 Å². The van der Waals surface area contributed by atoms with E-state index in [-0.39, 0.29) is 30.3 Å². The van der Waals surface area contributed by atoms with Crippen LogP contribution in [0, 0.1) is 0 Å². The van der Waals surface area contributed by atoms with Crippen molar-refractivity contribution >= 4 is 17.7 Å². The summed E-state index contributed by atoms with van der Waals surface area (Å²) in [5, 5.41) is 0. The van der Waals surface area contributed by atoms with Crippen LogP contribution in [-0.2, 0) is 4.79 Å². The van der Waals surface area contributed by atoms with Gasteiger partial charge in [0, 0.05) is 12.6 Å². The summed E-state index contributed by atoms with van der Waals surface area (Å²) < 4.78 is 0. The summed E-state index contributed by atoms with van der Waals surface area (Å²) in [7, 11) is 0. The van der Waals surface area contributed by atoms with Crippen LogP contribution in [0.4, 0.5) is 0 Å². The van der Waals surface area contributed by atoms with E-state index in [9.17, 15) is 14.4 Å². The molecule has 0 spiro atoms. The molecule has 1 heterocycles. The van der Waals surface area contributed by atoms with Crippen molar-refractivity contribution in [3.8, 4) is 0 Å². The van der Waals surface area contributed by atoms with E-state index in [2.05, 4.69) is 0 Å². The van der Waals surface area contributed by atoms with Crippen LogP contribution >= 0.6 is 0 Å². The van der Waals surface area contributed by atoms with Crippen molar-refractivity contribution in [2.24, 2.45) is 0 Å². The summed E-state index contributed by atoms with van der Waals surface area (Å²) in [4.78, 5) is 40.0. The lowest BCUT2D eigenvalue weighted by molar-refractivity contribution is -0.133. The molecule has 3 rings (SSSR count). The Balaban J connectivity index is 1.74. The van der Waals surface area contributed by atoms with Gasteiger partial charge in [0.25, 0.3) is 11.8 Å². The molecular formula is C17H20N2O3. The van der Waals surface area contributed by atoms with E-state index in [1.807, 2.05) is 11.8 Å². The van der Waals surface area contributed by atoms with Crippen molar-refractivity contribution in [3.05, 3.63) is 35.4 Å². The normalized spacial score (nSPS) is 18.0. The Morgan fingerprint density at radius 2 is 1.68 bits per heavy atom. The van der Waals surface area contributed by atoms with Crippen LogP contribution in [0.25, 0.3) is 0 Å². The number of likely N-dealkylation sites (N-methyl/N-ethyl adjacent to an activating group) is 1. The third kappa shape index (κ3) is 2.40. The highest BCUT2D eigenvalue weighted by atomic mass is 16.2. The number of carbonyl (C=O) groups is 3. The molecule has 0 saturated heterocycles. The Bertz CT molecular complexity index is 585. The highest BCUT2D eigenvalue weighted by Crippen LogP contribution is 2.25. The zero-order valence-electron chi connectivity index (χ0n) is 12.7. The van der Waals surface area contributed by atoms with Crippen LogP contribution in [0.2, 0.25) is 0 Å². The maximum absolute atomic E-state index is 12.5. The topological polar surface area (TPSA) is 57.7 Å². The minimum absolute atomic E-state index is 0.135. The minimum Gasteiger partial charge on any atom is -0.338 e. The van der Waals surface area contributed by atoms with Crippen molar-refractivity contribution in [1.82, 2.24) is 9.80 Å². The van der Waals surface area contributed by atoms with Crippen LogP contribution in [0.15, 0.2) is 24.3 Å². The van der Waals surface area contributed by atoms with E-state index in [0.717, 1.165) is 30.6 Å². The Hall–Kier alpha value is -2.17. The summed E-state index contributed by atoms with van der Waals surface area (Å²) >= 11 is 0. The Morgan fingerprint density at radius 3 is 2.18 bits per heavy atom. The van der Waals surface area contributed by atoms with Gasteiger partial charge in [-0.3, -0.25) is 19.3 Å². The zero-order chi connectivity index (χ0) is 15.7. The first-order chi connectivity index (χ1) is 10.6. The summed E-state index contributed by atoms with van der Waals surface area (Å²) in [5.41, 5.74) is 0.786. The lowest BCUT2D eigenvalue weighted by Crippen LogP contribution is -2.46. The molecule has 1 aliphatic heterocycles. The van der Waals surface area contributed by atoms with Crippen LogP contribution < -0.4 is 0 Å². The van der Waals surface area contributed by atoms with Crippen molar-refractivity contribution < 1.29 is 14.4 Å². The van der Waals surface area contributed by atoms with Crippen LogP contribution in [0.3, 0.4) is 0 Å². The fraction of sp³-hybridized carbons (Fsp3) is 0.471. The average Bonchev–Trinajstić information content (AvgIpc) is 3.12. The predicted molar refractivity (Wildman–Crippen MR) is 81.5 cm³/mol. The quantitative estimate of drug-likeness (QED) is 0.800. The third-order valence-corrected chi connectivity index (χ3v) is 4.60. The highest BCUT2D eigenvalue weighted by molar-refractivity contribution is 6.22. The molecule has 0 aromatic heterocycles. The molecule has 2 aliphatic rings. The molecule has 1 saturated carbocycles. The van der Waals surface area contributed by atoms with Gasteiger partial charge in [0.05, 0.1) is 11.1 Å². The zero-order valence-corrected chi connectivity index (χ0v) is 12.7. The molecule has 116 valence electrons. The van der Waals surface area contributed by atoms with Crippen molar-refractivity contribution in [3.63, 3.8) is 0 Å². The van der Waals surface area contributed by atoms with Gasteiger partial charge in [0.2, 0.25) is 5.91 Å². The smallest absolute Gasteiger partial charge is 0.262 e. The molecule has 0 radical (unpaired) electrons. The highest BCUT2D eigenvalue weighted by Gasteiger charge is 2.37. The van der Waals surface area contributed by atoms with Gasteiger partial charge in [0.15, 0.2) is 0 Å². The van der Waals surface area contributed by atoms with Gasteiger partial charge < -0.3 is 4.90 Å². The minimum atomic E-state index is -0.364. The Morgan fingerprint density at radius 1 is 1.14 bits per heavy atom. The number of amides is 3. The predicted octanol–water partition coefficient (Wildman–Crippen LogP) is 2.07. The first-order valence-electron chi connectivity index (χ1n) is 7.88. The van der Waals surface area contributed by atoms with Crippen LogP contribution in [-0.4, -0.2) is 46.7 Å². The van der Waals surface area contributed by atoms with Crippen LogP contribution in [0.5, 0.6) is 0 Å². The van der Waals surface area contributed by atoms with Crippen LogP contribution in [0.1, 0.15) is 53.3 Å². The van der Waals surface area contributed by atoms with Crippen molar-refractivity contribution in [1.29, 1.82) is 0 Å². The van der Waals surface area contributed by atoms with Crippen molar-refractivity contribution in [2.75, 3.05) is 13.1 Å². The second-order valence-corrected chi connectivity index (χ2v) is 5.86. The number of rotatable bonds is 4. The first-order valence-corrected chi connectivity index (χ1v) is 7.88. The lowest BCUT2D eigenvalue weighted by Gasteiger charge is -2.29. The molecule has 0 N–H and O–H groups in total. The summed E-state index contributed by atoms with van der Waals surface area (Å²) in [6.07, 6.45) is 4.31. The van der Waals surface area contributed by atoms with Gasteiger partial charge in [0.1, 0.15) is 6.54 Å². The fourth-order valence-corrected chi connectivity index (χ4v) is 3.46. The van der Waals surface area contributed by atoms with Gasteiger partial charge in [-0.25, -0.2) is 0 Å². The molecule has 1 aromatic carbocycles. The summed E-state index contributed by atoms with van der Waals surface area (Å²) in [6.45, 7) is 2.40. The Labute approximate surface area is 129 Å². The molecule has 1 aliphatic carbocycles. The van der Waals surface area contributed by atoms with E-state index in [0.29, 0.717) is 17.7 Å². The summed E-state index contributed by atoms with van der Waals surface area (Å²) in [6, 6.07) is 6.98. The maximum atomic E-state index is 12.5. The number of imide groups is 1. The number of hydrogen-bond donors (Lipinski definition) is 0. The Kier molecular flexibility index (Phi) is 3.96. The summed E-state index contributed by atoms with van der Waals surface area (Å²) in [5.74, 6) is -0.864. The van der Waals surface area contributed by atoms with Crippen molar-refractivity contribution in [2.45, 2.75) is 38.6 Å². The third-order valence-electron chi connectivity index (χ3n) is 4.60. The van der Waals surface area contributed by atoms with E-state index >= 15 is 0 Å². The molecule has 1 aromatic rings.